The SMILES string of the molecule is [B]c1c([B])c([B])c(-c2cccc(-c3nc(-c4ccccc4)nc(-c4cccc5c4oc4c(-c6ccc7c8ccccc8c8ccccc8c7c6)cccc45)n3)c2)c([B])c1[B]. The highest BCUT2D eigenvalue weighted by Crippen LogP contribution is 2.42. The van der Waals surface area contributed by atoms with E-state index in [1.807, 2.05) is 66.7 Å². The van der Waals surface area contributed by atoms with E-state index < -0.39 is 0 Å². The molecule has 0 bridgehead atoms. The standard InChI is InChI=1S/C51H26B5N3O/c52-42-41(43(53)45(55)46(56)44(42)54)29-13-8-14-30(25-29)50-57-49(27-11-2-1-3-12-27)58-51(59-50)39-22-10-21-38-37-20-9-19-31(47(37)60-48(38)39)28-23-24-36-34-17-5-4-15-32(34)33-16-6-7-18-35(33)40(36)26-28/h1-26H. The van der Waals surface area contributed by atoms with Gasteiger partial charge in [0.25, 0.3) is 0 Å². The van der Waals surface area contributed by atoms with E-state index in [4.69, 9.17) is 58.6 Å². The van der Waals surface area contributed by atoms with Crippen LogP contribution in [0.4, 0.5) is 0 Å². The summed E-state index contributed by atoms with van der Waals surface area (Å²) in [5.74, 6) is 1.41. The average Bonchev–Trinajstić information content (AvgIpc) is 3.70. The van der Waals surface area contributed by atoms with Crippen molar-refractivity contribution in [2.75, 3.05) is 0 Å². The molecule has 2 heterocycles. The summed E-state index contributed by atoms with van der Waals surface area (Å²) < 4.78 is 6.96. The van der Waals surface area contributed by atoms with E-state index in [2.05, 4.69) is 91.0 Å². The molecule has 9 aromatic carbocycles. The van der Waals surface area contributed by atoms with Crippen LogP contribution in [0.3, 0.4) is 0 Å². The third-order valence-corrected chi connectivity index (χ3v) is 11.6. The molecule has 11 aromatic rings. The molecule has 11 rings (SSSR count). The molecule has 0 unspecified atom stereocenters. The molecular weight excluding hydrogens is 725 g/mol. The quantitative estimate of drug-likeness (QED) is 0.135. The lowest BCUT2D eigenvalue weighted by atomic mass is 9.59. The summed E-state index contributed by atoms with van der Waals surface area (Å²) in [7, 11) is 31.6. The zero-order chi connectivity index (χ0) is 40.6. The second kappa shape index (κ2) is 14.0. The molecule has 0 atom stereocenters. The van der Waals surface area contributed by atoms with Crippen molar-refractivity contribution in [3.63, 3.8) is 0 Å². The lowest BCUT2D eigenvalue weighted by molar-refractivity contribution is 0.670. The first-order valence-corrected chi connectivity index (χ1v) is 19.6. The predicted molar refractivity (Wildman–Crippen MR) is 254 cm³/mol. The van der Waals surface area contributed by atoms with Crippen LogP contribution in [0.25, 0.3) is 111 Å². The fourth-order valence-electron chi connectivity index (χ4n) is 8.62. The summed E-state index contributed by atoms with van der Waals surface area (Å²) in [6.45, 7) is 0. The zero-order valence-corrected chi connectivity index (χ0v) is 32.1. The van der Waals surface area contributed by atoms with Gasteiger partial charge in [0, 0.05) is 27.5 Å². The normalized spacial score (nSPS) is 11.7. The Labute approximate surface area is 352 Å². The van der Waals surface area contributed by atoms with Crippen molar-refractivity contribution in [2.45, 2.75) is 0 Å². The molecule has 0 amide bonds. The van der Waals surface area contributed by atoms with Gasteiger partial charge in [-0.15, -0.1) is 16.4 Å². The molecule has 266 valence electrons. The van der Waals surface area contributed by atoms with Crippen LogP contribution >= 0.6 is 0 Å². The predicted octanol–water partition coefficient (Wildman–Crippen LogP) is 7.53. The van der Waals surface area contributed by atoms with Crippen LogP contribution in [-0.4, -0.2) is 54.2 Å². The van der Waals surface area contributed by atoms with E-state index in [0.717, 1.165) is 38.6 Å². The first kappa shape index (κ1) is 36.0. The van der Waals surface area contributed by atoms with Gasteiger partial charge >= 0.3 is 0 Å². The van der Waals surface area contributed by atoms with Gasteiger partial charge in [-0.25, -0.2) is 15.0 Å². The highest BCUT2D eigenvalue weighted by Gasteiger charge is 2.21. The van der Waals surface area contributed by atoms with E-state index in [9.17, 15) is 0 Å². The highest BCUT2D eigenvalue weighted by atomic mass is 16.3. The van der Waals surface area contributed by atoms with Crippen molar-refractivity contribution in [1.82, 2.24) is 15.0 Å². The summed E-state index contributed by atoms with van der Waals surface area (Å²) in [5, 5.41) is 9.28. The number of benzene rings is 9. The van der Waals surface area contributed by atoms with E-state index >= 15 is 0 Å². The Morgan fingerprint density at radius 3 is 1.40 bits per heavy atom. The number of nitrogens with zero attached hydrogens (tertiary/aromatic N) is 3. The molecule has 4 nitrogen and oxygen atoms in total. The maximum Gasteiger partial charge on any atom is 0.167 e. The molecule has 0 spiro atoms. The first-order chi connectivity index (χ1) is 29.3. The topological polar surface area (TPSA) is 51.8 Å². The lowest BCUT2D eigenvalue weighted by Crippen LogP contribution is -2.55. The molecule has 0 aliphatic heterocycles. The van der Waals surface area contributed by atoms with Gasteiger partial charge in [0.05, 0.1) is 5.56 Å². The van der Waals surface area contributed by atoms with Crippen LogP contribution in [0, 0.1) is 0 Å². The largest absolute Gasteiger partial charge is 0.455 e. The number of para-hydroxylation sites is 2. The molecule has 0 fully saturated rings. The molecule has 0 aliphatic carbocycles. The van der Waals surface area contributed by atoms with E-state index in [1.165, 1.54) is 32.3 Å². The fraction of sp³-hybridized carbons (Fsp3) is 0. The summed E-state index contributed by atoms with van der Waals surface area (Å²) in [6, 6.07) is 53.8. The number of aromatic nitrogens is 3. The van der Waals surface area contributed by atoms with Gasteiger partial charge in [-0.1, -0.05) is 150 Å². The highest BCUT2D eigenvalue weighted by molar-refractivity contribution is 6.68. The lowest BCUT2D eigenvalue weighted by Gasteiger charge is -2.21. The summed E-state index contributed by atoms with van der Waals surface area (Å²) in [6.07, 6.45) is 0. The van der Waals surface area contributed by atoms with Crippen LogP contribution in [0.1, 0.15) is 0 Å². The maximum absolute atomic E-state index is 6.96. The third-order valence-electron chi connectivity index (χ3n) is 11.6. The van der Waals surface area contributed by atoms with Gasteiger partial charge in [-0.2, -0.15) is 0 Å². The van der Waals surface area contributed by atoms with Crippen molar-refractivity contribution in [3.8, 4) is 56.4 Å². The maximum atomic E-state index is 6.96. The fourth-order valence-corrected chi connectivity index (χ4v) is 8.62. The second-order valence-electron chi connectivity index (χ2n) is 15.0. The summed E-state index contributed by atoms with van der Waals surface area (Å²) in [4.78, 5) is 15.1. The Hall–Kier alpha value is -7.11. The number of fused-ring (bicyclic) bond motifs is 9. The van der Waals surface area contributed by atoms with Crippen molar-refractivity contribution in [3.05, 3.63) is 158 Å². The molecular formula is C51H26B5N3O. The van der Waals surface area contributed by atoms with E-state index in [0.29, 0.717) is 39.7 Å². The van der Waals surface area contributed by atoms with E-state index in [1.54, 1.807) is 0 Å². The smallest absolute Gasteiger partial charge is 0.167 e. The Morgan fingerprint density at radius 1 is 0.300 bits per heavy atom. The van der Waals surface area contributed by atoms with Gasteiger partial charge in [0.15, 0.2) is 17.5 Å². The van der Waals surface area contributed by atoms with Crippen molar-refractivity contribution >= 4 is 121 Å². The second-order valence-corrected chi connectivity index (χ2v) is 15.0. The Kier molecular flexibility index (Phi) is 8.42. The van der Waals surface area contributed by atoms with Gasteiger partial charge in [-0.05, 0) is 67.2 Å². The number of hydrogen-bond donors (Lipinski definition) is 0. The van der Waals surface area contributed by atoms with Gasteiger partial charge in [0.1, 0.15) is 50.4 Å². The minimum Gasteiger partial charge on any atom is -0.455 e. The zero-order valence-electron chi connectivity index (χ0n) is 32.1. The van der Waals surface area contributed by atoms with Crippen LogP contribution in [0.2, 0.25) is 0 Å². The minimum atomic E-state index is 0.158. The molecule has 10 radical (unpaired) electrons. The Morgan fingerprint density at radius 2 is 0.750 bits per heavy atom. The van der Waals surface area contributed by atoms with Crippen LogP contribution in [0.5, 0.6) is 0 Å². The molecule has 0 aliphatic rings. The van der Waals surface area contributed by atoms with Crippen molar-refractivity contribution < 1.29 is 4.42 Å². The van der Waals surface area contributed by atoms with Crippen LogP contribution in [0.15, 0.2) is 162 Å². The van der Waals surface area contributed by atoms with Gasteiger partial charge in [0.2, 0.25) is 0 Å². The minimum absolute atomic E-state index is 0.158. The average molecular weight is 751 g/mol. The molecule has 60 heavy (non-hydrogen) atoms. The van der Waals surface area contributed by atoms with E-state index in [-0.39, 0.29) is 27.3 Å². The molecule has 0 N–H and O–H groups in total. The first-order valence-electron chi connectivity index (χ1n) is 19.6. The monoisotopic (exact) mass is 751 g/mol. The van der Waals surface area contributed by atoms with Crippen LogP contribution in [-0.2, 0) is 0 Å². The number of rotatable bonds is 5. The summed E-state index contributed by atoms with van der Waals surface area (Å²) >= 11 is 0. The van der Waals surface area contributed by atoms with Crippen molar-refractivity contribution in [1.29, 1.82) is 0 Å². The van der Waals surface area contributed by atoms with Gasteiger partial charge < -0.3 is 4.42 Å². The molecule has 0 saturated heterocycles. The molecule has 0 saturated carbocycles. The van der Waals surface area contributed by atoms with Crippen LogP contribution < -0.4 is 27.3 Å². The third kappa shape index (κ3) is 5.64. The van der Waals surface area contributed by atoms with Gasteiger partial charge in [-0.3, -0.25) is 0 Å². The Balaban J connectivity index is 1.10. The Bertz CT molecular complexity index is 3500. The molecule has 9 heteroatoms. The number of furan rings is 1. The summed E-state index contributed by atoms with van der Waals surface area (Å²) in [5.41, 5.74) is 7.99. The molecule has 2 aromatic heterocycles. The number of hydrogen-bond acceptors (Lipinski definition) is 4. The van der Waals surface area contributed by atoms with Crippen molar-refractivity contribution in [2.24, 2.45) is 0 Å².